The van der Waals surface area contributed by atoms with Crippen LogP contribution in [0.25, 0.3) is 11.8 Å². The molecule has 0 N–H and O–H groups in total. The van der Waals surface area contributed by atoms with Gasteiger partial charge in [0.05, 0.1) is 17.4 Å². The largest absolute Gasteiger partial charge is 0.335 e. The first-order valence-corrected chi connectivity index (χ1v) is 10.4. The van der Waals surface area contributed by atoms with Crippen LogP contribution in [0.5, 0.6) is 0 Å². The fraction of sp³-hybridized carbons (Fsp3) is 0.364. The molecule has 0 unspecified atom stereocenters. The average Bonchev–Trinajstić information content (AvgIpc) is 3.38. The zero-order valence-corrected chi connectivity index (χ0v) is 18.5. The number of amides is 1. The Morgan fingerprint density at radius 1 is 1.30 bits per heavy atom. The summed E-state index contributed by atoms with van der Waals surface area (Å²) in [5.41, 5.74) is 3.56. The zero-order valence-electron chi connectivity index (χ0n) is 17.8. The number of carbonyl (C=O) groups is 1. The predicted molar refractivity (Wildman–Crippen MR) is 118 cm³/mol. The molecule has 3 aromatic rings. The maximum atomic E-state index is 12.7. The predicted octanol–water partition coefficient (Wildman–Crippen LogP) is 4.46. The van der Waals surface area contributed by atoms with E-state index in [-0.39, 0.29) is 11.9 Å². The molecule has 8 heteroatoms. The highest BCUT2D eigenvalue weighted by atomic mass is 35.5. The molecule has 2 aromatic heterocycles. The van der Waals surface area contributed by atoms with Gasteiger partial charge in [-0.15, -0.1) is 0 Å². The van der Waals surface area contributed by atoms with Crippen LogP contribution < -0.4 is 0 Å². The van der Waals surface area contributed by atoms with E-state index >= 15 is 0 Å². The lowest BCUT2D eigenvalue weighted by Crippen LogP contribution is -2.28. The van der Waals surface area contributed by atoms with Crippen molar-refractivity contribution in [2.24, 2.45) is 0 Å². The van der Waals surface area contributed by atoms with Gasteiger partial charge in [0.1, 0.15) is 17.8 Å². The summed E-state index contributed by atoms with van der Waals surface area (Å²) in [4.78, 5) is 18.4. The highest BCUT2D eigenvalue weighted by Gasteiger charge is 2.17. The third kappa shape index (κ3) is 4.79. The van der Waals surface area contributed by atoms with Crippen LogP contribution in [0.4, 0.5) is 0 Å². The van der Waals surface area contributed by atoms with E-state index in [2.05, 4.69) is 22.1 Å². The SMILES string of the molecule is CCCCn1nc(C)c(/C=C/C(=O)N(C)[C@@H](C)c2ccc(-n3cncn3)cc2)c1Cl. The maximum absolute atomic E-state index is 12.7. The highest BCUT2D eigenvalue weighted by Crippen LogP contribution is 2.23. The Balaban J connectivity index is 1.69. The minimum absolute atomic E-state index is 0.0872. The molecule has 0 aliphatic carbocycles. The second kappa shape index (κ2) is 9.71. The quantitative estimate of drug-likeness (QED) is 0.499. The second-order valence-electron chi connectivity index (χ2n) is 7.26. The summed E-state index contributed by atoms with van der Waals surface area (Å²) in [6.45, 7) is 6.81. The zero-order chi connectivity index (χ0) is 21.7. The summed E-state index contributed by atoms with van der Waals surface area (Å²) in [6.07, 6.45) is 8.54. The lowest BCUT2D eigenvalue weighted by Gasteiger charge is -2.24. The van der Waals surface area contributed by atoms with E-state index in [1.807, 2.05) is 38.1 Å². The van der Waals surface area contributed by atoms with Gasteiger partial charge >= 0.3 is 0 Å². The lowest BCUT2D eigenvalue weighted by molar-refractivity contribution is -0.126. The van der Waals surface area contributed by atoms with E-state index in [0.29, 0.717) is 5.15 Å². The summed E-state index contributed by atoms with van der Waals surface area (Å²) < 4.78 is 3.49. The van der Waals surface area contributed by atoms with E-state index in [4.69, 9.17) is 11.6 Å². The van der Waals surface area contributed by atoms with Gasteiger partial charge in [0, 0.05) is 25.2 Å². The molecule has 7 nitrogen and oxygen atoms in total. The van der Waals surface area contributed by atoms with Crippen molar-refractivity contribution < 1.29 is 4.79 Å². The summed E-state index contributed by atoms with van der Waals surface area (Å²) in [5.74, 6) is -0.0976. The fourth-order valence-electron chi connectivity index (χ4n) is 3.15. The van der Waals surface area contributed by atoms with E-state index in [1.54, 1.807) is 39.8 Å². The van der Waals surface area contributed by atoms with Crippen molar-refractivity contribution in [1.82, 2.24) is 29.4 Å². The Morgan fingerprint density at radius 3 is 2.67 bits per heavy atom. The fourth-order valence-corrected chi connectivity index (χ4v) is 3.47. The molecule has 0 aliphatic rings. The van der Waals surface area contributed by atoms with Gasteiger partial charge < -0.3 is 4.90 Å². The van der Waals surface area contributed by atoms with E-state index in [9.17, 15) is 4.79 Å². The van der Waals surface area contributed by atoms with Crippen molar-refractivity contribution in [3.63, 3.8) is 0 Å². The van der Waals surface area contributed by atoms with Crippen LogP contribution in [0.2, 0.25) is 5.15 Å². The number of benzene rings is 1. The molecule has 3 rings (SSSR count). The smallest absolute Gasteiger partial charge is 0.246 e. The molecule has 30 heavy (non-hydrogen) atoms. The molecule has 0 radical (unpaired) electrons. The summed E-state index contributed by atoms with van der Waals surface area (Å²) >= 11 is 6.46. The van der Waals surface area contributed by atoms with Gasteiger partial charge in [-0.3, -0.25) is 9.48 Å². The molecular weight excluding hydrogens is 400 g/mol. The monoisotopic (exact) mass is 426 g/mol. The van der Waals surface area contributed by atoms with Crippen LogP contribution in [0.1, 0.15) is 49.6 Å². The number of likely N-dealkylation sites (N-methyl/N-ethyl adjacent to an activating group) is 1. The van der Waals surface area contributed by atoms with Crippen LogP contribution in [0, 0.1) is 6.92 Å². The Kier molecular flexibility index (Phi) is 7.05. The highest BCUT2D eigenvalue weighted by molar-refractivity contribution is 6.31. The van der Waals surface area contributed by atoms with Crippen molar-refractivity contribution in [1.29, 1.82) is 0 Å². The molecule has 0 spiro atoms. The first-order valence-electron chi connectivity index (χ1n) is 10.0. The van der Waals surface area contributed by atoms with Crippen molar-refractivity contribution >= 4 is 23.6 Å². The standard InChI is InChI=1S/C22H27ClN6O/c1-5-6-13-28-22(23)20(16(2)26-28)11-12-21(30)27(4)17(3)18-7-9-19(10-8-18)29-15-24-14-25-29/h7-12,14-15,17H,5-6,13H2,1-4H3/b12-11+/t17-/m0/s1. The summed E-state index contributed by atoms with van der Waals surface area (Å²) in [6, 6.07) is 7.82. The van der Waals surface area contributed by atoms with Gasteiger partial charge in [-0.1, -0.05) is 37.1 Å². The van der Waals surface area contributed by atoms with Crippen molar-refractivity contribution in [3.8, 4) is 5.69 Å². The van der Waals surface area contributed by atoms with E-state index in [0.717, 1.165) is 41.9 Å². The van der Waals surface area contributed by atoms with Crippen molar-refractivity contribution in [3.05, 3.63) is 65.0 Å². The molecular formula is C22H27ClN6O. The van der Waals surface area contributed by atoms with Crippen molar-refractivity contribution in [2.75, 3.05) is 7.05 Å². The Bertz CT molecular complexity index is 1010. The number of rotatable bonds is 8. The van der Waals surface area contributed by atoms with Crippen LogP contribution >= 0.6 is 11.6 Å². The molecule has 158 valence electrons. The number of aryl methyl sites for hydroxylation is 2. The van der Waals surface area contributed by atoms with E-state index < -0.39 is 0 Å². The number of halogens is 1. The van der Waals surface area contributed by atoms with Crippen LogP contribution in [-0.2, 0) is 11.3 Å². The minimum atomic E-state index is -0.0976. The normalized spacial score (nSPS) is 12.4. The lowest BCUT2D eigenvalue weighted by atomic mass is 10.1. The van der Waals surface area contributed by atoms with Gasteiger partial charge in [0.25, 0.3) is 0 Å². The molecule has 0 aliphatic heterocycles. The number of aromatic nitrogens is 5. The third-order valence-corrected chi connectivity index (χ3v) is 5.61. The van der Waals surface area contributed by atoms with Crippen LogP contribution in [0.15, 0.2) is 43.0 Å². The molecule has 0 bridgehead atoms. The minimum Gasteiger partial charge on any atom is -0.335 e. The van der Waals surface area contributed by atoms with Gasteiger partial charge in [0.2, 0.25) is 5.91 Å². The topological polar surface area (TPSA) is 68.8 Å². The third-order valence-electron chi connectivity index (χ3n) is 5.21. The second-order valence-corrected chi connectivity index (χ2v) is 7.61. The van der Waals surface area contributed by atoms with Gasteiger partial charge in [-0.2, -0.15) is 10.2 Å². The Hall–Kier alpha value is -2.93. The average molecular weight is 427 g/mol. The van der Waals surface area contributed by atoms with Gasteiger partial charge in [-0.05, 0) is 44.0 Å². The van der Waals surface area contributed by atoms with Crippen LogP contribution in [0.3, 0.4) is 0 Å². The number of hydrogen-bond acceptors (Lipinski definition) is 4. The molecule has 1 aromatic carbocycles. The molecule has 0 saturated carbocycles. The molecule has 0 saturated heterocycles. The molecule has 1 atom stereocenters. The van der Waals surface area contributed by atoms with E-state index in [1.165, 1.54) is 6.33 Å². The molecule has 0 fully saturated rings. The number of nitrogens with zero attached hydrogens (tertiary/aromatic N) is 6. The van der Waals surface area contributed by atoms with Crippen molar-refractivity contribution in [2.45, 2.75) is 46.2 Å². The summed E-state index contributed by atoms with van der Waals surface area (Å²) in [5, 5.41) is 9.18. The first kappa shape index (κ1) is 21.8. The number of hydrogen-bond donors (Lipinski definition) is 0. The van der Waals surface area contributed by atoms with Gasteiger partial charge in [0.15, 0.2) is 0 Å². The maximum Gasteiger partial charge on any atom is 0.246 e. The number of unbranched alkanes of at least 4 members (excludes halogenated alkanes) is 1. The Morgan fingerprint density at radius 2 is 2.03 bits per heavy atom. The first-order chi connectivity index (χ1) is 14.4. The number of carbonyl (C=O) groups excluding carboxylic acids is 1. The molecule has 2 heterocycles. The van der Waals surface area contributed by atoms with Crippen LogP contribution in [-0.4, -0.2) is 42.4 Å². The Labute approximate surface area is 182 Å². The summed E-state index contributed by atoms with van der Waals surface area (Å²) in [7, 11) is 1.79. The van der Waals surface area contributed by atoms with Gasteiger partial charge in [-0.25, -0.2) is 9.67 Å². The molecule has 1 amide bonds.